The first-order chi connectivity index (χ1) is 10.0. The molecule has 1 aromatic heterocycles. The number of aromatic nitrogens is 4. The summed E-state index contributed by atoms with van der Waals surface area (Å²) in [6.45, 7) is 5.62. The first-order valence-electron chi connectivity index (χ1n) is 6.80. The summed E-state index contributed by atoms with van der Waals surface area (Å²) in [6, 6.07) is 6.73. The van der Waals surface area contributed by atoms with Crippen LogP contribution in [-0.4, -0.2) is 43.9 Å². The fourth-order valence-corrected chi connectivity index (χ4v) is 1.90. The summed E-state index contributed by atoms with van der Waals surface area (Å²) in [5.74, 6) is 0.636. The fourth-order valence-electron chi connectivity index (χ4n) is 1.90. The van der Waals surface area contributed by atoms with Gasteiger partial charge in [0.25, 0.3) is 5.91 Å². The van der Waals surface area contributed by atoms with Gasteiger partial charge < -0.3 is 10.4 Å². The van der Waals surface area contributed by atoms with Crippen LogP contribution in [0, 0.1) is 12.8 Å². The standard InChI is InChI=1S/C14H19N5O2/c1-9(2)13(8-20)15-14(21)11-4-6-12(7-5-11)19-10(3)16-17-18-19/h4-7,9,13,20H,8H2,1-3H3,(H,15,21)/t13-/m1/s1. The van der Waals surface area contributed by atoms with Crippen molar-refractivity contribution >= 4 is 5.91 Å². The van der Waals surface area contributed by atoms with Crippen molar-refractivity contribution in [2.24, 2.45) is 5.92 Å². The minimum absolute atomic E-state index is 0.0781. The first-order valence-corrected chi connectivity index (χ1v) is 6.80. The molecule has 7 heteroatoms. The van der Waals surface area contributed by atoms with Crippen LogP contribution in [0.1, 0.15) is 30.0 Å². The third kappa shape index (κ3) is 3.43. The second-order valence-corrected chi connectivity index (χ2v) is 5.19. The molecular weight excluding hydrogens is 270 g/mol. The zero-order valence-corrected chi connectivity index (χ0v) is 12.3. The average Bonchev–Trinajstić information content (AvgIpc) is 2.90. The number of carbonyl (C=O) groups excluding carboxylic acids is 1. The highest BCUT2D eigenvalue weighted by molar-refractivity contribution is 5.94. The number of hydrogen-bond donors (Lipinski definition) is 2. The fraction of sp³-hybridized carbons (Fsp3) is 0.429. The van der Waals surface area contributed by atoms with Gasteiger partial charge in [-0.25, -0.2) is 0 Å². The van der Waals surface area contributed by atoms with Crippen LogP contribution in [0.3, 0.4) is 0 Å². The van der Waals surface area contributed by atoms with E-state index in [1.54, 1.807) is 35.9 Å². The molecule has 2 N–H and O–H groups in total. The zero-order valence-electron chi connectivity index (χ0n) is 12.3. The topological polar surface area (TPSA) is 92.9 Å². The molecule has 0 bridgehead atoms. The highest BCUT2D eigenvalue weighted by Crippen LogP contribution is 2.10. The van der Waals surface area contributed by atoms with E-state index >= 15 is 0 Å². The maximum atomic E-state index is 12.1. The van der Waals surface area contributed by atoms with Crippen molar-refractivity contribution in [1.29, 1.82) is 0 Å². The van der Waals surface area contributed by atoms with Crippen LogP contribution < -0.4 is 5.32 Å². The minimum Gasteiger partial charge on any atom is -0.394 e. The highest BCUT2D eigenvalue weighted by atomic mass is 16.3. The van der Waals surface area contributed by atoms with Crippen molar-refractivity contribution in [3.8, 4) is 5.69 Å². The van der Waals surface area contributed by atoms with Crippen LogP contribution in [0.5, 0.6) is 0 Å². The zero-order chi connectivity index (χ0) is 15.4. The molecule has 1 heterocycles. The summed E-state index contributed by atoms with van der Waals surface area (Å²) >= 11 is 0. The Bertz CT molecular complexity index is 606. The third-order valence-electron chi connectivity index (χ3n) is 3.32. The van der Waals surface area contributed by atoms with Gasteiger partial charge in [-0.1, -0.05) is 13.8 Å². The Morgan fingerprint density at radius 2 is 2.00 bits per heavy atom. The lowest BCUT2D eigenvalue weighted by Gasteiger charge is -2.19. The molecule has 0 aliphatic carbocycles. The number of nitrogens with zero attached hydrogens (tertiary/aromatic N) is 4. The van der Waals surface area contributed by atoms with Gasteiger partial charge in [-0.15, -0.1) is 5.10 Å². The molecule has 0 saturated carbocycles. The Hall–Kier alpha value is -2.28. The quantitative estimate of drug-likeness (QED) is 0.846. The normalized spacial score (nSPS) is 12.4. The number of nitrogens with one attached hydrogen (secondary N) is 1. The molecule has 2 aromatic rings. The first kappa shape index (κ1) is 15.1. The average molecular weight is 289 g/mol. The molecular formula is C14H19N5O2. The molecule has 7 nitrogen and oxygen atoms in total. The summed E-state index contributed by atoms with van der Waals surface area (Å²) in [6.07, 6.45) is 0. The molecule has 0 saturated heterocycles. The van der Waals surface area contributed by atoms with Gasteiger partial charge >= 0.3 is 0 Å². The maximum Gasteiger partial charge on any atom is 0.251 e. The Morgan fingerprint density at radius 3 is 2.48 bits per heavy atom. The van der Waals surface area contributed by atoms with Crippen molar-refractivity contribution in [2.75, 3.05) is 6.61 Å². The van der Waals surface area contributed by atoms with Gasteiger partial charge in [0.15, 0.2) is 5.82 Å². The number of aliphatic hydroxyl groups is 1. The van der Waals surface area contributed by atoms with Gasteiger partial charge in [-0.2, -0.15) is 4.68 Å². The van der Waals surface area contributed by atoms with Crippen molar-refractivity contribution in [1.82, 2.24) is 25.5 Å². The number of hydrogen-bond acceptors (Lipinski definition) is 5. The summed E-state index contributed by atoms with van der Waals surface area (Å²) in [4.78, 5) is 12.1. The van der Waals surface area contributed by atoms with Gasteiger partial charge in [0.1, 0.15) is 0 Å². The Labute approximate surface area is 123 Å². The lowest BCUT2D eigenvalue weighted by atomic mass is 10.0. The molecule has 0 fully saturated rings. The van der Waals surface area contributed by atoms with Crippen molar-refractivity contribution in [3.63, 3.8) is 0 Å². The predicted molar refractivity (Wildman–Crippen MR) is 77.1 cm³/mol. The Balaban J connectivity index is 2.12. The van der Waals surface area contributed by atoms with Crippen LogP contribution in [0.15, 0.2) is 24.3 Å². The largest absolute Gasteiger partial charge is 0.394 e. The van der Waals surface area contributed by atoms with Gasteiger partial charge in [0, 0.05) is 5.56 Å². The predicted octanol–water partition coefficient (Wildman–Crippen LogP) is 0.717. The molecule has 0 spiro atoms. The molecule has 2 rings (SSSR count). The minimum atomic E-state index is -0.251. The van der Waals surface area contributed by atoms with Gasteiger partial charge in [0.2, 0.25) is 0 Å². The van der Waals surface area contributed by atoms with Crippen LogP contribution in [0.4, 0.5) is 0 Å². The van der Waals surface area contributed by atoms with Crippen molar-refractivity contribution < 1.29 is 9.90 Å². The van der Waals surface area contributed by atoms with E-state index in [2.05, 4.69) is 20.8 Å². The van der Waals surface area contributed by atoms with Gasteiger partial charge in [-0.05, 0) is 47.5 Å². The van der Waals surface area contributed by atoms with Crippen LogP contribution in [0.2, 0.25) is 0 Å². The number of aryl methyl sites for hydroxylation is 1. The monoisotopic (exact) mass is 289 g/mol. The number of rotatable bonds is 5. The second-order valence-electron chi connectivity index (χ2n) is 5.19. The van der Waals surface area contributed by atoms with Crippen molar-refractivity contribution in [2.45, 2.75) is 26.8 Å². The maximum absolute atomic E-state index is 12.1. The smallest absolute Gasteiger partial charge is 0.251 e. The van der Waals surface area contributed by atoms with Gasteiger partial charge in [0.05, 0.1) is 18.3 Å². The second kappa shape index (κ2) is 6.45. The van der Waals surface area contributed by atoms with E-state index in [1.165, 1.54) is 0 Å². The number of carbonyl (C=O) groups is 1. The third-order valence-corrected chi connectivity index (χ3v) is 3.32. The molecule has 1 aromatic carbocycles. The van der Waals surface area contributed by atoms with Crippen LogP contribution in [0.25, 0.3) is 5.69 Å². The molecule has 21 heavy (non-hydrogen) atoms. The lowest BCUT2D eigenvalue weighted by molar-refractivity contribution is 0.0897. The summed E-state index contributed by atoms with van der Waals surface area (Å²) in [7, 11) is 0. The lowest BCUT2D eigenvalue weighted by Crippen LogP contribution is -2.41. The van der Waals surface area contributed by atoms with E-state index in [4.69, 9.17) is 0 Å². The molecule has 112 valence electrons. The molecule has 1 amide bonds. The van der Waals surface area contributed by atoms with Gasteiger partial charge in [-0.3, -0.25) is 4.79 Å². The summed E-state index contributed by atoms with van der Waals surface area (Å²) in [5, 5.41) is 23.3. The Kier molecular flexibility index (Phi) is 4.64. The van der Waals surface area contributed by atoms with E-state index in [0.717, 1.165) is 5.69 Å². The van der Waals surface area contributed by atoms with E-state index < -0.39 is 0 Å². The van der Waals surface area contributed by atoms with Crippen LogP contribution in [-0.2, 0) is 0 Å². The number of aliphatic hydroxyl groups excluding tert-OH is 1. The molecule has 0 aliphatic heterocycles. The molecule has 1 atom stereocenters. The summed E-state index contributed by atoms with van der Waals surface area (Å²) < 4.78 is 1.59. The number of tetrazole rings is 1. The summed E-state index contributed by atoms with van der Waals surface area (Å²) in [5.41, 5.74) is 1.32. The Morgan fingerprint density at radius 1 is 1.33 bits per heavy atom. The van der Waals surface area contributed by atoms with E-state index in [0.29, 0.717) is 11.4 Å². The molecule has 0 aliphatic rings. The highest BCUT2D eigenvalue weighted by Gasteiger charge is 2.16. The van der Waals surface area contributed by atoms with E-state index in [9.17, 15) is 9.90 Å². The molecule has 0 unspecified atom stereocenters. The number of benzene rings is 1. The van der Waals surface area contributed by atoms with E-state index in [-0.39, 0.29) is 24.5 Å². The SMILES string of the molecule is Cc1nnnn1-c1ccc(C(=O)N[C@H](CO)C(C)C)cc1. The van der Waals surface area contributed by atoms with E-state index in [1.807, 2.05) is 13.8 Å². The van der Waals surface area contributed by atoms with Crippen molar-refractivity contribution in [3.05, 3.63) is 35.7 Å². The molecule has 0 radical (unpaired) electrons. The van der Waals surface area contributed by atoms with Crippen LogP contribution >= 0.6 is 0 Å². The number of amides is 1.